The van der Waals surface area contributed by atoms with Gasteiger partial charge in [0, 0.05) is 37.7 Å². The fourth-order valence-corrected chi connectivity index (χ4v) is 6.84. The number of sulfonamides is 1. The van der Waals surface area contributed by atoms with Crippen molar-refractivity contribution in [3.05, 3.63) is 99.8 Å². The Bertz CT molecular complexity index is 1440. The molecule has 1 aliphatic heterocycles. The van der Waals surface area contributed by atoms with E-state index in [4.69, 9.17) is 0 Å². The first kappa shape index (κ1) is 22.5. The summed E-state index contributed by atoms with van der Waals surface area (Å²) in [6.45, 7) is 3.34. The first-order chi connectivity index (χ1) is 16.4. The molecule has 174 valence electrons. The number of anilines is 1. The van der Waals surface area contributed by atoms with Gasteiger partial charge in [-0.15, -0.1) is 11.3 Å². The minimum Gasteiger partial charge on any atom is -0.331 e. The number of fused-ring (bicyclic) bond motifs is 1. The predicted molar refractivity (Wildman–Crippen MR) is 133 cm³/mol. The number of carbonyl (C=O) groups is 1. The molecule has 0 radical (unpaired) electrons. The maximum atomic E-state index is 13.4. The summed E-state index contributed by atoms with van der Waals surface area (Å²) in [5.41, 5.74) is 3.86. The molecule has 1 aliphatic rings. The highest BCUT2D eigenvalue weighted by atomic mass is 32.2. The Hall–Kier alpha value is -3.27. The highest BCUT2D eigenvalue weighted by Gasteiger charge is 2.32. The molecule has 3 heterocycles. The van der Waals surface area contributed by atoms with Crippen molar-refractivity contribution in [2.24, 2.45) is 0 Å². The van der Waals surface area contributed by atoms with Crippen LogP contribution in [-0.2, 0) is 29.5 Å². The number of benzene rings is 2. The number of rotatable bonds is 6. The van der Waals surface area contributed by atoms with Crippen molar-refractivity contribution >= 4 is 33.0 Å². The Morgan fingerprint density at radius 1 is 1.09 bits per heavy atom. The van der Waals surface area contributed by atoms with Crippen LogP contribution in [0.5, 0.6) is 0 Å². The molecule has 2 aromatic carbocycles. The van der Waals surface area contributed by atoms with Gasteiger partial charge in [0.15, 0.2) is 0 Å². The largest absolute Gasteiger partial charge is 0.331 e. The molecule has 0 saturated heterocycles. The molecular weight excluding hydrogens is 468 g/mol. The van der Waals surface area contributed by atoms with Crippen LogP contribution >= 0.6 is 11.3 Å². The van der Waals surface area contributed by atoms with E-state index in [0.29, 0.717) is 31.7 Å². The highest BCUT2D eigenvalue weighted by molar-refractivity contribution is 7.89. The molecule has 1 amide bonds. The average Bonchev–Trinajstić information content (AvgIpc) is 3.50. The predicted octanol–water partition coefficient (Wildman–Crippen LogP) is 4.30. The molecule has 0 bridgehead atoms. The van der Waals surface area contributed by atoms with E-state index in [0.717, 1.165) is 28.3 Å². The summed E-state index contributed by atoms with van der Waals surface area (Å²) >= 11 is 1.13. The monoisotopic (exact) mass is 492 g/mol. The first-order valence-corrected chi connectivity index (χ1v) is 13.3. The molecule has 2 aromatic heterocycles. The topological polar surface area (TPSA) is 84.3 Å². The fraction of sp³-hybridized carbons (Fsp3) is 0.200. The summed E-state index contributed by atoms with van der Waals surface area (Å²) in [6, 6.07) is 16.9. The SMILES string of the molecule is Cc1nccn1Cc1ccc(NC(=O)c2sccc2S(=O)(=O)N2CCc3ccccc3C2)cc1. The van der Waals surface area contributed by atoms with Crippen LogP contribution in [0.4, 0.5) is 5.69 Å². The van der Waals surface area contributed by atoms with Gasteiger partial charge in [-0.1, -0.05) is 36.4 Å². The molecule has 5 rings (SSSR count). The van der Waals surface area contributed by atoms with Crippen molar-refractivity contribution in [1.29, 1.82) is 0 Å². The third-order valence-corrected chi connectivity index (χ3v) is 8.97. The number of hydrogen-bond acceptors (Lipinski definition) is 5. The number of aromatic nitrogens is 2. The molecule has 0 spiro atoms. The van der Waals surface area contributed by atoms with Gasteiger partial charge in [-0.2, -0.15) is 4.31 Å². The number of hydrogen-bond donors (Lipinski definition) is 1. The van der Waals surface area contributed by atoms with Crippen LogP contribution in [0, 0.1) is 6.92 Å². The molecule has 7 nitrogen and oxygen atoms in total. The quantitative estimate of drug-likeness (QED) is 0.435. The van der Waals surface area contributed by atoms with Crippen molar-refractivity contribution in [2.45, 2.75) is 31.3 Å². The lowest BCUT2D eigenvalue weighted by Crippen LogP contribution is -2.36. The lowest BCUT2D eigenvalue weighted by molar-refractivity contribution is 0.102. The molecule has 0 fully saturated rings. The Morgan fingerprint density at radius 3 is 2.59 bits per heavy atom. The second kappa shape index (κ2) is 9.17. The van der Waals surface area contributed by atoms with Gasteiger partial charge >= 0.3 is 0 Å². The minimum absolute atomic E-state index is 0.0570. The van der Waals surface area contributed by atoms with E-state index in [1.54, 1.807) is 11.6 Å². The van der Waals surface area contributed by atoms with Gasteiger partial charge in [0.1, 0.15) is 15.6 Å². The summed E-state index contributed by atoms with van der Waals surface area (Å²) < 4.78 is 30.3. The number of carbonyl (C=O) groups excluding carboxylic acids is 1. The zero-order chi connectivity index (χ0) is 23.7. The van der Waals surface area contributed by atoms with Crippen LogP contribution in [0.2, 0.25) is 0 Å². The molecule has 9 heteroatoms. The van der Waals surface area contributed by atoms with Gasteiger partial charge in [-0.3, -0.25) is 4.79 Å². The number of nitrogens with one attached hydrogen (secondary N) is 1. The van der Waals surface area contributed by atoms with E-state index in [9.17, 15) is 13.2 Å². The maximum Gasteiger partial charge on any atom is 0.267 e. The Morgan fingerprint density at radius 2 is 1.85 bits per heavy atom. The molecule has 4 aromatic rings. The van der Waals surface area contributed by atoms with E-state index in [1.807, 2.05) is 66.2 Å². The Kier molecular flexibility index (Phi) is 6.07. The van der Waals surface area contributed by atoms with E-state index in [1.165, 1.54) is 15.9 Å². The van der Waals surface area contributed by atoms with Gasteiger partial charge in [0.05, 0.1) is 0 Å². The van der Waals surface area contributed by atoms with Crippen LogP contribution < -0.4 is 5.32 Å². The van der Waals surface area contributed by atoms with Crippen LogP contribution in [0.3, 0.4) is 0 Å². The molecular formula is C25H24N4O3S2. The number of nitrogens with zero attached hydrogens (tertiary/aromatic N) is 3. The lowest BCUT2D eigenvalue weighted by Gasteiger charge is -2.28. The van der Waals surface area contributed by atoms with Crippen LogP contribution in [0.25, 0.3) is 0 Å². The van der Waals surface area contributed by atoms with Crippen molar-refractivity contribution < 1.29 is 13.2 Å². The molecule has 0 atom stereocenters. The van der Waals surface area contributed by atoms with Gasteiger partial charge in [0.2, 0.25) is 10.0 Å². The van der Waals surface area contributed by atoms with Crippen molar-refractivity contribution in [3.63, 3.8) is 0 Å². The Labute approximate surface area is 202 Å². The van der Waals surface area contributed by atoms with Gasteiger partial charge in [0.25, 0.3) is 5.91 Å². The molecule has 34 heavy (non-hydrogen) atoms. The zero-order valence-corrected chi connectivity index (χ0v) is 20.3. The van der Waals surface area contributed by atoms with Gasteiger partial charge < -0.3 is 9.88 Å². The summed E-state index contributed by atoms with van der Waals surface area (Å²) in [4.78, 5) is 17.5. The highest BCUT2D eigenvalue weighted by Crippen LogP contribution is 2.30. The standard InChI is InChI=1S/C25H24N4O3S2/c1-18-26-12-14-28(18)16-19-6-8-22(9-7-19)27-25(30)24-23(11-15-33-24)34(31,32)29-13-10-20-4-2-3-5-21(20)17-29/h2-9,11-12,14-15H,10,13,16-17H2,1H3,(H,27,30). The molecule has 0 saturated carbocycles. The maximum absolute atomic E-state index is 13.4. The molecule has 0 unspecified atom stereocenters. The summed E-state index contributed by atoms with van der Waals surface area (Å²) in [5, 5.41) is 4.49. The normalized spacial score (nSPS) is 14.0. The van der Waals surface area contributed by atoms with Crippen molar-refractivity contribution in [1.82, 2.24) is 13.9 Å². The second-order valence-corrected chi connectivity index (χ2v) is 11.0. The smallest absolute Gasteiger partial charge is 0.267 e. The van der Waals surface area contributed by atoms with Crippen molar-refractivity contribution in [3.8, 4) is 0 Å². The lowest BCUT2D eigenvalue weighted by atomic mass is 10.0. The number of thiophene rings is 1. The van der Waals surface area contributed by atoms with E-state index >= 15 is 0 Å². The third kappa shape index (κ3) is 4.42. The summed E-state index contributed by atoms with van der Waals surface area (Å²) in [7, 11) is -3.79. The Balaban J connectivity index is 1.31. The van der Waals surface area contributed by atoms with Crippen LogP contribution in [0.1, 0.15) is 32.2 Å². The average molecular weight is 493 g/mol. The number of amides is 1. The van der Waals surface area contributed by atoms with Crippen molar-refractivity contribution in [2.75, 3.05) is 11.9 Å². The van der Waals surface area contributed by atoms with Crippen LogP contribution in [0.15, 0.2) is 77.3 Å². The van der Waals surface area contributed by atoms with Gasteiger partial charge in [-0.05, 0) is 53.6 Å². The number of aryl methyl sites for hydroxylation is 1. The van der Waals surface area contributed by atoms with E-state index in [2.05, 4.69) is 10.3 Å². The molecule has 1 N–H and O–H groups in total. The zero-order valence-electron chi connectivity index (χ0n) is 18.6. The van der Waals surface area contributed by atoms with E-state index in [-0.39, 0.29) is 9.77 Å². The third-order valence-electron chi connectivity index (χ3n) is 6.04. The summed E-state index contributed by atoms with van der Waals surface area (Å²) in [6.07, 6.45) is 4.34. The first-order valence-electron chi connectivity index (χ1n) is 10.9. The summed E-state index contributed by atoms with van der Waals surface area (Å²) in [5.74, 6) is 0.505. The van der Waals surface area contributed by atoms with E-state index < -0.39 is 15.9 Å². The van der Waals surface area contributed by atoms with Crippen LogP contribution in [-0.4, -0.2) is 34.7 Å². The number of imidazole rings is 1. The fourth-order valence-electron chi connectivity index (χ4n) is 4.13. The second-order valence-electron chi connectivity index (χ2n) is 8.22. The minimum atomic E-state index is -3.79. The van der Waals surface area contributed by atoms with Gasteiger partial charge in [-0.25, -0.2) is 13.4 Å². The molecule has 0 aliphatic carbocycles.